The normalized spacial score (nSPS) is 12.0. The van der Waals surface area contributed by atoms with Crippen LogP contribution < -0.4 is 9.62 Å². The summed E-state index contributed by atoms with van der Waals surface area (Å²) in [4.78, 5) is 27.9. The molecule has 2 amide bonds. The highest BCUT2D eigenvalue weighted by Crippen LogP contribution is 2.27. The minimum atomic E-state index is -4.31. The quantitative estimate of drug-likeness (QED) is 0.291. The van der Waals surface area contributed by atoms with Crippen LogP contribution in [0.4, 0.5) is 10.1 Å². The molecule has 1 atom stereocenters. The summed E-state index contributed by atoms with van der Waals surface area (Å²) in [6.07, 6.45) is 1.68. The summed E-state index contributed by atoms with van der Waals surface area (Å²) in [5.74, 6) is -1.79. The number of para-hydroxylation sites is 1. The van der Waals surface area contributed by atoms with Gasteiger partial charge in [0.2, 0.25) is 11.8 Å². The molecule has 0 bridgehead atoms. The van der Waals surface area contributed by atoms with Gasteiger partial charge < -0.3 is 10.2 Å². The summed E-state index contributed by atoms with van der Waals surface area (Å²) in [6.45, 7) is 3.43. The molecule has 1 N–H and O–H groups in total. The van der Waals surface area contributed by atoms with E-state index < -0.39 is 34.3 Å². The average molecular weight is 605 g/mol. The molecule has 0 aliphatic rings. The fourth-order valence-corrected chi connectivity index (χ4v) is 5.50. The number of rotatable bonds is 12. The van der Waals surface area contributed by atoms with E-state index in [2.05, 4.69) is 21.2 Å². The minimum Gasteiger partial charge on any atom is -0.354 e. The van der Waals surface area contributed by atoms with Crippen LogP contribution in [-0.2, 0) is 26.2 Å². The maximum absolute atomic E-state index is 14.9. The van der Waals surface area contributed by atoms with Crippen molar-refractivity contribution in [1.29, 1.82) is 0 Å². The van der Waals surface area contributed by atoms with E-state index in [0.29, 0.717) is 6.54 Å². The van der Waals surface area contributed by atoms with Crippen molar-refractivity contribution in [3.63, 3.8) is 0 Å². The lowest BCUT2D eigenvalue weighted by atomic mass is 10.1. The molecule has 3 aromatic rings. The van der Waals surface area contributed by atoms with Gasteiger partial charge in [0, 0.05) is 17.6 Å². The first-order valence-corrected chi connectivity index (χ1v) is 14.5. The molecule has 10 heteroatoms. The summed E-state index contributed by atoms with van der Waals surface area (Å²) in [6, 6.07) is 19.3. The Hall–Kier alpha value is -3.24. The average Bonchev–Trinajstić information content (AvgIpc) is 2.92. The van der Waals surface area contributed by atoms with Gasteiger partial charge in [0.25, 0.3) is 10.0 Å². The number of hydrogen-bond donors (Lipinski definition) is 1. The zero-order valence-corrected chi connectivity index (χ0v) is 23.7. The largest absolute Gasteiger partial charge is 0.354 e. The van der Waals surface area contributed by atoms with Gasteiger partial charge in [0.15, 0.2) is 0 Å². The second-order valence-corrected chi connectivity index (χ2v) is 11.5. The highest BCUT2D eigenvalue weighted by Gasteiger charge is 2.33. The molecule has 0 radical (unpaired) electrons. The molecule has 3 aromatic carbocycles. The first-order chi connectivity index (χ1) is 18.1. The number of carbonyl (C=O) groups excluding carboxylic acids is 2. The predicted molar refractivity (Wildman–Crippen MR) is 149 cm³/mol. The Balaban J connectivity index is 1.99. The second-order valence-electron chi connectivity index (χ2n) is 8.74. The lowest BCUT2D eigenvalue weighted by Gasteiger charge is -2.32. The molecule has 0 aliphatic carbocycles. The van der Waals surface area contributed by atoms with Crippen molar-refractivity contribution in [1.82, 2.24) is 10.2 Å². The summed E-state index contributed by atoms with van der Waals surface area (Å²) < 4.78 is 43.7. The van der Waals surface area contributed by atoms with Crippen LogP contribution in [0.1, 0.15) is 32.3 Å². The number of anilines is 1. The van der Waals surface area contributed by atoms with Gasteiger partial charge >= 0.3 is 0 Å². The Bertz CT molecular complexity index is 1340. The molecular formula is C28H31BrFN3O4S. The molecule has 7 nitrogen and oxygen atoms in total. The summed E-state index contributed by atoms with van der Waals surface area (Å²) in [5.41, 5.74) is 0.492. The van der Waals surface area contributed by atoms with E-state index in [-0.39, 0.29) is 23.0 Å². The Labute approximate surface area is 231 Å². The Morgan fingerprint density at radius 2 is 1.61 bits per heavy atom. The van der Waals surface area contributed by atoms with Crippen LogP contribution in [0.25, 0.3) is 0 Å². The first kappa shape index (κ1) is 29.3. The number of hydrogen-bond acceptors (Lipinski definition) is 4. The van der Waals surface area contributed by atoms with Gasteiger partial charge in [-0.15, -0.1) is 0 Å². The third kappa shape index (κ3) is 7.41. The lowest BCUT2D eigenvalue weighted by molar-refractivity contribution is -0.139. The Kier molecular flexibility index (Phi) is 10.4. The van der Waals surface area contributed by atoms with Crippen LogP contribution in [0.3, 0.4) is 0 Å². The number of benzene rings is 3. The molecule has 0 fully saturated rings. The molecule has 0 saturated heterocycles. The molecule has 0 aromatic heterocycles. The van der Waals surface area contributed by atoms with Gasteiger partial charge in [0.1, 0.15) is 18.4 Å². The van der Waals surface area contributed by atoms with Crippen molar-refractivity contribution in [3.05, 3.63) is 94.7 Å². The Morgan fingerprint density at radius 3 is 2.24 bits per heavy atom. The molecule has 0 saturated carbocycles. The summed E-state index contributed by atoms with van der Waals surface area (Å²) in [5, 5.41) is 2.83. The molecule has 38 heavy (non-hydrogen) atoms. The number of unbranched alkanes of at least 4 members (excludes halogenated alkanes) is 1. The monoisotopic (exact) mass is 603 g/mol. The zero-order chi connectivity index (χ0) is 27.7. The van der Waals surface area contributed by atoms with E-state index in [4.69, 9.17) is 0 Å². The molecular weight excluding hydrogens is 573 g/mol. The predicted octanol–water partition coefficient (Wildman–Crippen LogP) is 5.12. The van der Waals surface area contributed by atoms with Crippen LogP contribution in [-0.4, -0.2) is 44.3 Å². The van der Waals surface area contributed by atoms with E-state index in [0.717, 1.165) is 33.2 Å². The SMILES string of the molecule is CCCCNC(=O)C(C)N(Cc1ccc(Br)cc1)C(=O)CN(c1ccccc1F)S(=O)(=O)c1ccccc1. The van der Waals surface area contributed by atoms with Crippen LogP contribution in [0.5, 0.6) is 0 Å². The van der Waals surface area contributed by atoms with Crippen molar-refractivity contribution in [2.75, 3.05) is 17.4 Å². The first-order valence-electron chi connectivity index (χ1n) is 12.3. The van der Waals surface area contributed by atoms with Crippen LogP contribution >= 0.6 is 15.9 Å². The van der Waals surface area contributed by atoms with Gasteiger partial charge in [-0.05, 0) is 55.3 Å². The molecule has 1 unspecified atom stereocenters. The van der Waals surface area contributed by atoms with Crippen molar-refractivity contribution in [2.24, 2.45) is 0 Å². The molecule has 3 rings (SSSR count). The number of nitrogens with one attached hydrogen (secondary N) is 1. The van der Waals surface area contributed by atoms with Crippen molar-refractivity contribution >= 4 is 43.5 Å². The van der Waals surface area contributed by atoms with Crippen molar-refractivity contribution in [3.8, 4) is 0 Å². The summed E-state index contributed by atoms with van der Waals surface area (Å²) >= 11 is 3.38. The van der Waals surface area contributed by atoms with E-state index in [1.54, 1.807) is 37.3 Å². The standard InChI is InChI=1S/C28H31BrFN3O4S/c1-3-4-18-31-28(35)21(2)32(19-22-14-16-23(29)17-15-22)27(34)20-33(26-13-9-8-12-25(26)30)38(36,37)24-10-6-5-7-11-24/h5-17,21H,3-4,18-20H2,1-2H3,(H,31,35). The topological polar surface area (TPSA) is 86.8 Å². The maximum atomic E-state index is 14.9. The number of carbonyl (C=O) groups is 2. The smallest absolute Gasteiger partial charge is 0.264 e. The highest BCUT2D eigenvalue weighted by molar-refractivity contribution is 9.10. The molecule has 0 aliphatic heterocycles. The van der Waals surface area contributed by atoms with Gasteiger partial charge in [-0.3, -0.25) is 13.9 Å². The van der Waals surface area contributed by atoms with E-state index in [1.807, 2.05) is 19.1 Å². The fourth-order valence-electron chi connectivity index (χ4n) is 3.79. The fraction of sp³-hybridized carbons (Fsp3) is 0.286. The number of nitrogens with zero attached hydrogens (tertiary/aromatic N) is 2. The minimum absolute atomic E-state index is 0.0605. The zero-order valence-electron chi connectivity index (χ0n) is 21.3. The Morgan fingerprint density at radius 1 is 0.974 bits per heavy atom. The molecule has 0 spiro atoms. The number of amides is 2. The van der Waals surface area contributed by atoms with E-state index >= 15 is 0 Å². The van der Waals surface area contributed by atoms with Crippen LogP contribution in [0.15, 0.2) is 88.2 Å². The van der Waals surface area contributed by atoms with Crippen LogP contribution in [0.2, 0.25) is 0 Å². The third-order valence-corrected chi connectivity index (χ3v) is 8.30. The van der Waals surface area contributed by atoms with E-state index in [9.17, 15) is 22.4 Å². The third-order valence-electron chi connectivity index (χ3n) is 5.99. The summed E-state index contributed by atoms with van der Waals surface area (Å²) in [7, 11) is -4.31. The lowest BCUT2D eigenvalue weighted by Crippen LogP contribution is -2.51. The molecule has 202 valence electrons. The van der Waals surface area contributed by atoms with Crippen molar-refractivity contribution < 1.29 is 22.4 Å². The van der Waals surface area contributed by atoms with Crippen molar-refractivity contribution in [2.45, 2.75) is 44.2 Å². The van der Waals surface area contributed by atoms with Gasteiger partial charge in [-0.25, -0.2) is 12.8 Å². The number of halogens is 2. The van der Waals surface area contributed by atoms with Gasteiger partial charge in [0.05, 0.1) is 10.6 Å². The maximum Gasteiger partial charge on any atom is 0.264 e. The van der Waals surface area contributed by atoms with Gasteiger partial charge in [-0.2, -0.15) is 0 Å². The van der Waals surface area contributed by atoms with Crippen LogP contribution in [0, 0.1) is 5.82 Å². The molecule has 0 heterocycles. The highest BCUT2D eigenvalue weighted by atomic mass is 79.9. The second kappa shape index (κ2) is 13.5. The van der Waals surface area contributed by atoms with E-state index in [1.165, 1.54) is 35.2 Å². The van der Waals surface area contributed by atoms with Gasteiger partial charge in [-0.1, -0.05) is 71.7 Å². The number of sulfonamides is 1.